The molecule has 0 bridgehead atoms. The maximum atomic E-state index is 5.74. The quantitative estimate of drug-likeness (QED) is 0.686. The maximum absolute atomic E-state index is 5.74. The standard InChI is InChI=1S/C20H20O4/c1-2-10-18-17(9-1)21-13-5-6-15-23-19-11-3-4-12-20(19)24-16-8-7-14-22-18/h1-12H,13-16H2/b6-5-,8-7-. The van der Waals surface area contributed by atoms with Crippen LogP contribution in [0, 0.1) is 0 Å². The molecule has 0 atom stereocenters. The van der Waals surface area contributed by atoms with Crippen LogP contribution in [0.15, 0.2) is 72.8 Å². The van der Waals surface area contributed by atoms with Crippen LogP contribution < -0.4 is 18.9 Å². The first-order valence-corrected chi connectivity index (χ1v) is 7.93. The minimum Gasteiger partial charge on any atom is -0.486 e. The molecule has 0 unspecified atom stereocenters. The minimum absolute atomic E-state index is 0.456. The molecule has 124 valence electrons. The Balaban J connectivity index is 1.71. The van der Waals surface area contributed by atoms with Crippen LogP contribution >= 0.6 is 0 Å². The highest BCUT2D eigenvalue weighted by atomic mass is 16.5. The molecule has 0 fully saturated rings. The highest BCUT2D eigenvalue weighted by Crippen LogP contribution is 2.27. The first-order chi connectivity index (χ1) is 11.9. The third kappa shape index (κ3) is 4.56. The van der Waals surface area contributed by atoms with Crippen molar-refractivity contribution in [2.45, 2.75) is 0 Å². The second-order valence-corrected chi connectivity index (χ2v) is 5.08. The monoisotopic (exact) mass is 324 g/mol. The Hall–Kier alpha value is -2.88. The molecule has 1 aliphatic rings. The van der Waals surface area contributed by atoms with Gasteiger partial charge in [0, 0.05) is 0 Å². The molecule has 0 saturated carbocycles. The summed E-state index contributed by atoms with van der Waals surface area (Å²) < 4.78 is 23.0. The van der Waals surface area contributed by atoms with Crippen LogP contribution in [0.4, 0.5) is 0 Å². The lowest BCUT2D eigenvalue weighted by Crippen LogP contribution is -2.03. The Morgan fingerprint density at radius 2 is 0.667 bits per heavy atom. The fourth-order valence-corrected chi connectivity index (χ4v) is 2.20. The molecule has 0 radical (unpaired) electrons. The SMILES string of the molecule is C1=C\COc2ccccc2OC/C=C\COc2ccccc2OC/1. The lowest BCUT2D eigenvalue weighted by Gasteiger charge is -2.12. The molecule has 3 rings (SSSR count). The van der Waals surface area contributed by atoms with Crippen LogP contribution in [-0.2, 0) is 0 Å². The summed E-state index contributed by atoms with van der Waals surface area (Å²) in [6, 6.07) is 15.3. The fourth-order valence-electron chi connectivity index (χ4n) is 2.20. The molecule has 2 aromatic rings. The van der Waals surface area contributed by atoms with Gasteiger partial charge < -0.3 is 18.9 Å². The highest BCUT2D eigenvalue weighted by Gasteiger charge is 2.04. The number of fused-ring (bicyclic) bond motifs is 2. The van der Waals surface area contributed by atoms with Gasteiger partial charge in [0.25, 0.3) is 0 Å². The van der Waals surface area contributed by atoms with E-state index in [2.05, 4.69) is 0 Å². The van der Waals surface area contributed by atoms with E-state index in [-0.39, 0.29) is 0 Å². The molecule has 4 heteroatoms. The molecular formula is C20H20O4. The molecule has 0 saturated heterocycles. The zero-order chi connectivity index (χ0) is 16.5. The Labute approximate surface area is 141 Å². The van der Waals surface area contributed by atoms with E-state index >= 15 is 0 Å². The molecule has 0 spiro atoms. The molecule has 1 heterocycles. The van der Waals surface area contributed by atoms with Crippen LogP contribution in [0.3, 0.4) is 0 Å². The van der Waals surface area contributed by atoms with Crippen LogP contribution in [0.5, 0.6) is 23.0 Å². The molecule has 0 amide bonds. The number of hydrogen-bond donors (Lipinski definition) is 0. The molecule has 24 heavy (non-hydrogen) atoms. The highest BCUT2D eigenvalue weighted by molar-refractivity contribution is 5.40. The van der Waals surface area contributed by atoms with E-state index in [1.807, 2.05) is 72.8 Å². The predicted octanol–water partition coefficient (Wildman–Crippen LogP) is 4.03. The van der Waals surface area contributed by atoms with Crippen molar-refractivity contribution in [1.82, 2.24) is 0 Å². The van der Waals surface area contributed by atoms with Crippen molar-refractivity contribution in [2.24, 2.45) is 0 Å². The lowest BCUT2D eigenvalue weighted by atomic mass is 10.3. The average Bonchev–Trinajstić information content (AvgIpc) is 2.62. The Morgan fingerprint density at radius 3 is 0.917 bits per heavy atom. The van der Waals surface area contributed by atoms with Crippen LogP contribution in [0.2, 0.25) is 0 Å². The summed E-state index contributed by atoms with van der Waals surface area (Å²) in [5, 5.41) is 0. The van der Waals surface area contributed by atoms with Crippen LogP contribution in [0.25, 0.3) is 0 Å². The van der Waals surface area contributed by atoms with Crippen molar-refractivity contribution in [3.8, 4) is 23.0 Å². The van der Waals surface area contributed by atoms with Gasteiger partial charge in [-0.2, -0.15) is 0 Å². The van der Waals surface area contributed by atoms with E-state index in [0.29, 0.717) is 26.4 Å². The summed E-state index contributed by atoms with van der Waals surface area (Å²) in [5.41, 5.74) is 0. The van der Waals surface area contributed by atoms with Gasteiger partial charge in [-0.25, -0.2) is 0 Å². The fraction of sp³-hybridized carbons (Fsp3) is 0.200. The van der Waals surface area contributed by atoms with Crippen molar-refractivity contribution in [1.29, 1.82) is 0 Å². The van der Waals surface area contributed by atoms with Gasteiger partial charge in [0.2, 0.25) is 0 Å². The van der Waals surface area contributed by atoms with E-state index in [9.17, 15) is 0 Å². The van der Waals surface area contributed by atoms with E-state index in [1.54, 1.807) is 0 Å². The number of para-hydroxylation sites is 4. The van der Waals surface area contributed by atoms with Crippen molar-refractivity contribution in [2.75, 3.05) is 26.4 Å². The van der Waals surface area contributed by atoms with Crippen molar-refractivity contribution in [3.05, 3.63) is 72.8 Å². The van der Waals surface area contributed by atoms with Gasteiger partial charge >= 0.3 is 0 Å². The molecule has 1 aliphatic heterocycles. The molecule has 0 aliphatic carbocycles. The normalized spacial score (nSPS) is 17.7. The summed E-state index contributed by atoms with van der Waals surface area (Å²) in [6.07, 6.45) is 7.69. The Kier molecular flexibility index (Phi) is 5.78. The van der Waals surface area contributed by atoms with Crippen molar-refractivity contribution < 1.29 is 18.9 Å². The number of hydrogen-bond acceptors (Lipinski definition) is 4. The molecule has 2 aromatic carbocycles. The lowest BCUT2D eigenvalue weighted by molar-refractivity contribution is 0.297. The zero-order valence-corrected chi connectivity index (χ0v) is 13.4. The summed E-state index contributed by atoms with van der Waals surface area (Å²) in [5.74, 6) is 2.91. The maximum Gasteiger partial charge on any atom is 0.161 e. The largest absolute Gasteiger partial charge is 0.486 e. The van der Waals surface area contributed by atoms with E-state index in [4.69, 9.17) is 18.9 Å². The van der Waals surface area contributed by atoms with E-state index < -0.39 is 0 Å². The van der Waals surface area contributed by atoms with E-state index in [0.717, 1.165) is 23.0 Å². The topological polar surface area (TPSA) is 36.9 Å². The summed E-state index contributed by atoms with van der Waals surface area (Å²) in [7, 11) is 0. The van der Waals surface area contributed by atoms with Gasteiger partial charge in [0.05, 0.1) is 0 Å². The summed E-state index contributed by atoms with van der Waals surface area (Å²) in [4.78, 5) is 0. The molecule has 0 N–H and O–H groups in total. The van der Waals surface area contributed by atoms with Crippen LogP contribution in [-0.4, -0.2) is 26.4 Å². The molecular weight excluding hydrogens is 304 g/mol. The van der Waals surface area contributed by atoms with Gasteiger partial charge in [-0.05, 0) is 48.6 Å². The summed E-state index contributed by atoms with van der Waals surface area (Å²) in [6.45, 7) is 1.82. The first kappa shape index (κ1) is 16.0. The predicted molar refractivity (Wildman–Crippen MR) is 93.1 cm³/mol. The van der Waals surface area contributed by atoms with Gasteiger partial charge in [-0.3, -0.25) is 0 Å². The average molecular weight is 324 g/mol. The second-order valence-electron chi connectivity index (χ2n) is 5.08. The van der Waals surface area contributed by atoms with Crippen molar-refractivity contribution >= 4 is 0 Å². The second kappa shape index (κ2) is 8.67. The smallest absolute Gasteiger partial charge is 0.161 e. The molecule has 4 nitrogen and oxygen atoms in total. The van der Waals surface area contributed by atoms with Gasteiger partial charge in [-0.15, -0.1) is 0 Å². The van der Waals surface area contributed by atoms with E-state index in [1.165, 1.54) is 0 Å². The number of rotatable bonds is 0. The minimum atomic E-state index is 0.456. The van der Waals surface area contributed by atoms with Gasteiger partial charge in [0.15, 0.2) is 23.0 Å². The number of ether oxygens (including phenoxy) is 4. The Bertz CT molecular complexity index is 587. The number of benzene rings is 2. The van der Waals surface area contributed by atoms with Gasteiger partial charge in [-0.1, -0.05) is 24.3 Å². The molecule has 0 aromatic heterocycles. The third-order valence-electron chi connectivity index (χ3n) is 3.37. The van der Waals surface area contributed by atoms with Crippen molar-refractivity contribution in [3.63, 3.8) is 0 Å². The van der Waals surface area contributed by atoms with Gasteiger partial charge in [0.1, 0.15) is 26.4 Å². The first-order valence-electron chi connectivity index (χ1n) is 7.93. The van der Waals surface area contributed by atoms with Crippen LogP contribution in [0.1, 0.15) is 0 Å². The zero-order valence-electron chi connectivity index (χ0n) is 13.4. The Morgan fingerprint density at radius 1 is 0.417 bits per heavy atom. The summed E-state index contributed by atoms with van der Waals surface area (Å²) >= 11 is 0. The third-order valence-corrected chi connectivity index (χ3v) is 3.37.